The normalized spacial score (nSPS) is 23.2. The van der Waals surface area contributed by atoms with Gasteiger partial charge in [0.25, 0.3) is 0 Å². The monoisotopic (exact) mass is 310 g/mol. The second kappa shape index (κ2) is 7.12. The lowest BCUT2D eigenvalue weighted by Gasteiger charge is -2.37. The van der Waals surface area contributed by atoms with Gasteiger partial charge in [0.15, 0.2) is 0 Å². The van der Waals surface area contributed by atoms with E-state index in [4.69, 9.17) is 5.73 Å². The Kier molecular flexibility index (Phi) is 6.19. The Labute approximate surface area is 135 Å². The quantitative estimate of drug-likeness (QED) is 0.868. The van der Waals surface area contributed by atoms with Crippen molar-refractivity contribution >= 4 is 11.8 Å². The van der Waals surface area contributed by atoms with E-state index in [1.54, 1.807) is 4.90 Å². The van der Waals surface area contributed by atoms with Crippen LogP contribution in [-0.2, 0) is 9.59 Å². The molecule has 0 spiro atoms. The number of amides is 2. The fourth-order valence-corrected chi connectivity index (χ4v) is 3.06. The smallest absolute Gasteiger partial charge is 0.229 e. The standard InChI is InChI=1S/C18H34N2O2/c1-17(2,3)11-15(21)20(16(22)12-18(4,5)6)14-9-7-8-13(19)10-14/h13-14H,7-12,19H2,1-6H3. The van der Waals surface area contributed by atoms with Gasteiger partial charge in [-0.1, -0.05) is 41.5 Å². The average molecular weight is 310 g/mol. The summed E-state index contributed by atoms with van der Waals surface area (Å²) in [6, 6.07) is 0.0829. The fourth-order valence-electron chi connectivity index (χ4n) is 3.06. The Bertz CT molecular complexity index is 376. The van der Waals surface area contributed by atoms with Crippen LogP contribution in [0.1, 0.15) is 80.1 Å². The summed E-state index contributed by atoms with van der Waals surface area (Å²) in [5.74, 6) is -0.0818. The summed E-state index contributed by atoms with van der Waals surface area (Å²) in [7, 11) is 0. The van der Waals surface area contributed by atoms with Crippen molar-refractivity contribution < 1.29 is 9.59 Å². The van der Waals surface area contributed by atoms with E-state index in [1.807, 2.05) is 41.5 Å². The number of rotatable bonds is 3. The lowest BCUT2D eigenvalue weighted by atomic mass is 9.86. The van der Waals surface area contributed by atoms with Crippen LogP contribution in [0, 0.1) is 10.8 Å². The van der Waals surface area contributed by atoms with Crippen molar-refractivity contribution in [3.63, 3.8) is 0 Å². The Morgan fingerprint density at radius 3 is 1.77 bits per heavy atom. The van der Waals surface area contributed by atoms with Crippen LogP contribution in [-0.4, -0.2) is 28.8 Å². The van der Waals surface area contributed by atoms with Crippen LogP contribution in [0.15, 0.2) is 0 Å². The van der Waals surface area contributed by atoms with Gasteiger partial charge in [-0.25, -0.2) is 0 Å². The molecule has 1 fully saturated rings. The van der Waals surface area contributed by atoms with E-state index in [0.29, 0.717) is 12.8 Å². The van der Waals surface area contributed by atoms with Gasteiger partial charge in [-0.2, -0.15) is 0 Å². The Balaban J connectivity index is 2.93. The maximum atomic E-state index is 12.8. The molecule has 1 rings (SSSR count). The molecule has 2 N–H and O–H groups in total. The molecule has 2 unspecified atom stereocenters. The van der Waals surface area contributed by atoms with Crippen LogP contribution in [0.5, 0.6) is 0 Å². The largest absolute Gasteiger partial charge is 0.328 e. The van der Waals surface area contributed by atoms with E-state index in [-0.39, 0.29) is 34.7 Å². The molecule has 4 nitrogen and oxygen atoms in total. The number of carbonyl (C=O) groups excluding carboxylic acids is 2. The second-order valence-electron chi connectivity index (χ2n) is 9.21. The lowest BCUT2D eigenvalue weighted by Crippen LogP contribution is -2.50. The number of imide groups is 1. The van der Waals surface area contributed by atoms with E-state index in [0.717, 1.165) is 25.7 Å². The second-order valence-corrected chi connectivity index (χ2v) is 9.21. The first kappa shape index (κ1) is 19.1. The highest BCUT2D eigenvalue weighted by Crippen LogP contribution is 2.29. The average Bonchev–Trinajstić information content (AvgIpc) is 2.23. The first-order valence-corrected chi connectivity index (χ1v) is 8.49. The van der Waals surface area contributed by atoms with Gasteiger partial charge in [0.1, 0.15) is 0 Å². The van der Waals surface area contributed by atoms with E-state index < -0.39 is 0 Å². The Morgan fingerprint density at radius 2 is 1.41 bits per heavy atom. The van der Waals surface area contributed by atoms with Crippen LogP contribution < -0.4 is 5.73 Å². The minimum Gasteiger partial charge on any atom is -0.328 e. The van der Waals surface area contributed by atoms with Gasteiger partial charge in [-0.3, -0.25) is 14.5 Å². The van der Waals surface area contributed by atoms with Gasteiger partial charge in [0, 0.05) is 24.9 Å². The molecule has 0 saturated heterocycles. The number of hydrogen-bond donors (Lipinski definition) is 1. The summed E-state index contributed by atoms with van der Waals surface area (Å²) in [5.41, 5.74) is 5.83. The van der Waals surface area contributed by atoms with Crippen LogP contribution >= 0.6 is 0 Å². The third kappa shape index (κ3) is 6.47. The molecule has 0 aromatic heterocycles. The van der Waals surface area contributed by atoms with E-state index in [1.165, 1.54) is 0 Å². The molecular weight excluding hydrogens is 276 g/mol. The van der Waals surface area contributed by atoms with Crippen molar-refractivity contribution in [2.45, 2.75) is 92.2 Å². The first-order valence-electron chi connectivity index (χ1n) is 8.49. The molecule has 128 valence electrons. The van der Waals surface area contributed by atoms with Crippen molar-refractivity contribution in [2.24, 2.45) is 16.6 Å². The Morgan fingerprint density at radius 1 is 0.955 bits per heavy atom. The third-order valence-corrected chi connectivity index (χ3v) is 3.95. The summed E-state index contributed by atoms with van der Waals surface area (Å²) in [6.45, 7) is 12.2. The predicted molar refractivity (Wildman–Crippen MR) is 90.2 cm³/mol. The van der Waals surface area contributed by atoms with Crippen LogP contribution in [0.3, 0.4) is 0 Å². The van der Waals surface area contributed by atoms with Gasteiger partial charge in [0.2, 0.25) is 11.8 Å². The molecule has 0 bridgehead atoms. The molecule has 2 atom stereocenters. The number of nitrogens with zero attached hydrogens (tertiary/aromatic N) is 1. The summed E-state index contributed by atoms with van der Waals surface area (Å²) < 4.78 is 0. The maximum Gasteiger partial charge on any atom is 0.229 e. The molecule has 0 aliphatic heterocycles. The highest BCUT2D eigenvalue weighted by molar-refractivity contribution is 5.96. The third-order valence-electron chi connectivity index (χ3n) is 3.95. The molecule has 0 aromatic carbocycles. The SMILES string of the molecule is CC(C)(C)CC(=O)N(C(=O)CC(C)(C)C)C1CCCC(N)C1. The Hall–Kier alpha value is -0.900. The molecule has 1 saturated carbocycles. The zero-order valence-corrected chi connectivity index (χ0v) is 15.2. The molecule has 2 amide bonds. The maximum absolute atomic E-state index is 12.8. The van der Waals surface area contributed by atoms with E-state index in [2.05, 4.69) is 0 Å². The van der Waals surface area contributed by atoms with Crippen molar-refractivity contribution in [3.05, 3.63) is 0 Å². The van der Waals surface area contributed by atoms with Gasteiger partial charge >= 0.3 is 0 Å². The van der Waals surface area contributed by atoms with E-state index >= 15 is 0 Å². The van der Waals surface area contributed by atoms with Crippen LogP contribution in [0.4, 0.5) is 0 Å². The lowest BCUT2D eigenvalue weighted by molar-refractivity contribution is -0.150. The summed E-state index contributed by atoms with van der Waals surface area (Å²) >= 11 is 0. The number of carbonyl (C=O) groups is 2. The predicted octanol–water partition coefficient (Wildman–Crippen LogP) is 3.48. The van der Waals surface area contributed by atoms with Gasteiger partial charge < -0.3 is 5.73 Å². The summed E-state index contributed by atoms with van der Waals surface area (Å²) in [6.07, 6.45) is 4.41. The minimum atomic E-state index is -0.117. The molecule has 1 aliphatic carbocycles. The molecule has 22 heavy (non-hydrogen) atoms. The topological polar surface area (TPSA) is 63.4 Å². The number of hydrogen-bond acceptors (Lipinski definition) is 3. The summed E-state index contributed by atoms with van der Waals surface area (Å²) in [4.78, 5) is 27.1. The van der Waals surface area contributed by atoms with Gasteiger partial charge in [-0.05, 0) is 36.5 Å². The zero-order valence-electron chi connectivity index (χ0n) is 15.2. The van der Waals surface area contributed by atoms with Crippen molar-refractivity contribution in [1.82, 2.24) is 4.90 Å². The fraction of sp³-hybridized carbons (Fsp3) is 0.889. The van der Waals surface area contributed by atoms with Crippen LogP contribution in [0.2, 0.25) is 0 Å². The van der Waals surface area contributed by atoms with Crippen LogP contribution in [0.25, 0.3) is 0 Å². The van der Waals surface area contributed by atoms with E-state index in [9.17, 15) is 9.59 Å². The molecule has 4 heteroatoms. The molecule has 1 aliphatic rings. The van der Waals surface area contributed by atoms with Crippen molar-refractivity contribution in [1.29, 1.82) is 0 Å². The molecule has 0 radical (unpaired) electrons. The molecular formula is C18H34N2O2. The zero-order chi connectivity index (χ0) is 17.1. The number of nitrogens with two attached hydrogens (primary N) is 1. The van der Waals surface area contributed by atoms with Gasteiger partial charge in [-0.15, -0.1) is 0 Å². The minimum absolute atomic E-state index is 0.0200. The van der Waals surface area contributed by atoms with Crippen molar-refractivity contribution in [2.75, 3.05) is 0 Å². The first-order chi connectivity index (χ1) is 9.89. The van der Waals surface area contributed by atoms with Crippen molar-refractivity contribution in [3.8, 4) is 0 Å². The molecule has 0 heterocycles. The highest BCUT2D eigenvalue weighted by atomic mass is 16.2. The summed E-state index contributed by atoms with van der Waals surface area (Å²) in [5, 5.41) is 0. The highest BCUT2D eigenvalue weighted by Gasteiger charge is 2.35. The molecule has 0 aromatic rings. The van der Waals surface area contributed by atoms with Gasteiger partial charge in [0.05, 0.1) is 0 Å².